The molecule has 0 aliphatic rings. The zero-order chi connectivity index (χ0) is 39.6. The second-order valence-corrected chi connectivity index (χ2v) is 14.7. The van der Waals surface area contributed by atoms with Crippen molar-refractivity contribution in [1.29, 1.82) is 0 Å². The highest BCUT2D eigenvalue weighted by Gasteiger charge is 2.17. The number of nitrogens with zero attached hydrogens (tertiary/aromatic N) is 2. The topological polar surface area (TPSA) is 6.48 Å². The molecular weight excluding hydrogens is 689 g/mol. The normalized spacial score (nSPS) is 11.7. The van der Waals surface area contributed by atoms with Gasteiger partial charge < -0.3 is 9.80 Å². The van der Waals surface area contributed by atoms with Crippen molar-refractivity contribution in [3.8, 4) is 0 Å². The van der Waals surface area contributed by atoms with Gasteiger partial charge in [-0.2, -0.15) is 0 Å². The second-order valence-electron chi connectivity index (χ2n) is 14.7. The average Bonchev–Trinajstić information content (AvgIpc) is 3.22. The lowest BCUT2D eigenvalue weighted by atomic mass is 10.0. The van der Waals surface area contributed by atoms with Crippen LogP contribution < -0.4 is 9.80 Å². The summed E-state index contributed by atoms with van der Waals surface area (Å²) in [4.78, 5) is 4.66. The van der Waals surface area contributed by atoms with Crippen molar-refractivity contribution < 1.29 is 0 Å². The van der Waals surface area contributed by atoms with Crippen LogP contribution in [0.1, 0.15) is 50.1 Å². The van der Waals surface area contributed by atoms with Gasteiger partial charge in [0.1, 0.15) is 0 Å². The van der Waals surface area contributed by atoms with E-state index in [4.69, 9.17) is 0 Å². The first kappa shape index (κ1) is 38.4. The molecule has 0 radical (unpaired) electrons. The van der Waals surface area contributed by atoms with E-state index in [1.165, 1.54) is 33.5 Å². The first-order valence-corrected chi connectivity index (χ1v) is 19.7. The Labute approximate surface area is 339 Å². The van der Waals surface area contributed by atoms with Crippen molar-refractivity contribution in [3.63, 3.8) is 0 Å². The molecule has 0 aliphatic carbocycles. The van der Waals surface area contributed by atoms with Gasteiger partial charge in [-0.15, -0.1) is 0 Å². The summed E-state index contributed by atoms with van der Waals surface area (Å²) in [7, 11) is 0. The van der Waals surface area contributed by atoms with E-state index >= 15 is 0 Å². The van der Waals surface area contributed by atoms with E-state index in [0.29, 0.717) is 0 Å². The lowest BCUT2D eigenvalue weighted by Gasteiger charge is -2.29. The second kappa shape index (κ2) is 18.2. The number of aryl methyl sites for hydroxylation is 5. The Morgan fingerprint density at radius 3 is 1.11 bits per heavy atom. The largest absolute Gasteiger partial charge is 0.311 e. The highest BCUT2D eigenvalue weighted by atomic mass is 15.1. The summed E-state index contributed by atoms with van der Waals surface area (Å²) in [6, 6.07) is 58.6. The maximum Gasteiger partial charge on any atom is 0.0520 e. The van der Waals surface area contributed by atoms with Gasteiger partial charge in [0.2, 0.25) is 0 Å². The summed E-state index contributed by atoms with van der Waals surface area (Å²) in [5, 5.41) is 0. The van der Waals surface area contributed by atoms with E-state index in [-0.39, 0.29) is 0 Å². The zero-order valence-corrected chi connectivity index (χ0v) is 33.6. The first-order valence-electron chi connectivity index (χ1n) is 19.7. The van der Waals surface area contributed by atoms with Crippen molar-refractivity contribution in [3.05, 3.63) is 238 Å². The zero-order valence-electron chi connectivity index (χ0n) is 33.6. The van der Waals surface area contributed by atoms with Crippen LogP contribution in [0.2, 0.25) is 0 Å². The quantitative estimate of drug-likeness (QED) is 0.115. The van der Waals surface area contributed by atoms with Crippen molar-refractivity contribution in [2.75, 3.05) is 9.80 Å². The summed E-state index contributed by atoms with van der Waals surface area (Å²) in [5.74, 6) is 0. The Balaban J connectivity index is 0.982. The van der Waals surface area contributed by atoms with E-state index in [9.17, 15) is 0 Å². The molecule has 0 N–H and O–H groups in total. The fourth-order valence-corrected chi connectivity index (χ4v) is 7.25. The minimum atomic E-state index is 1.13. The molecule has 0 fully saturated rings. The van der Waals surface area contributed by atoms with Gasteiger partial charge in [-0.3, -0.25) is 0 Å². The van der Waals surface area contributed by atoms with Crippen LogP contribution in [0.4, 0.5) is 34.1 Å². The lowest BCUT2D eigenvalue weighted by Crippen LogP contribution is -2.13. The Hall–Kier alpha value is -6.90. The highest BCUT2D eigenvalue weighted by molar-refractivity contribution is 5.81. The molecule has 2 nitrogen and oxygen atoms in total. The van der Waals surface area contributed by atoms with Crippen LogP contribution in [0.25, 0.3) is 24.3 Å². The Morgan fingerprint density at radius 1 is 0.298 bits per heavy atom. The van der Waals surface area contributed by atoms with Crippen molar-refractivity contribution in [2.24, 2.45) is 0 Å². The third kappa shape index (κ3) is 9.86. The van der Waals surface area contributed by atoms with Crippen LogP contribution >= 0.6 is 0 Å². The van der Waals surface area contributed by atoms with Crippen LogP contribution in [0.15, 0.2) is 188 Å². The first-order chi connectivity index (χ1) is 27.8. The van der Waals surface area contributed by atoms with Crippen molar-refractivity contribution >= 4 is 58.4 Å². The van der Waals surface area contributed by atoms with E-state index < -0.39 is 0 Å². The predicted molar refractivity (Wildman–Crippen MR) is 249 cm³/mol. The summed E-state index contributed by atoms with van der Waals surface area (Å²) in [6.45, 7) is 10.8. The standard InChI is InChI=1S/C55H50N2/c1-41-22-30-51(31-23-41)56(52-32-24-42(2)25-33-52)53-34-26-46(27-35-53)14-9-11-16-48-18-13-19-49(40-48)17-12-10-15-47-28-36-54(37-29-47)57(50-20-7-6-8-21-50)55-44(4)38-43(3)39-45(55)5/h6-40H,1-5H3. The molecule has 7 aromatic rings. The molecule has 0 spiro atoms. The molecule has 0 atom stereocenters. The molecule has 57 heavy (non-hydrogen) atoms. The summed E-state index contributed by atoms with van der Waals surface area (Å²) in [6.07, 6.45) is 17.0. The number of rotatable bonds is 12. The summed E-state index contributed by atoms with van der Waals surface area (Å²) in [5.41, 5.74) is 17.9. The fraction of sp³-hybridized carbons (Fsp3) is 0.0909. The fourth-order valence-electron chi connectivity index (χ4n) is 7.25. The van der Waals surface area contributed by atoms with E-state index in [1.807, 2.05) is 0 Å². The predicted octanol–water partition coefficient (Wildman–Crippen LogP) is 15.6. The van der Waals surface area contributed by atoms with Gasteiger partial charge in [-0.1, -0.05) is 162 Å². The Kier molecular flexibility index (Phi) is 12.2. The average molecular weight is 739 g/mol. The number of hydrogen-bond acceptors (Lipinski definition) is 2. The van der Waals surface area contributed by atoms with Crippen LogP contribution in [0.5, 0.6) is 0 Å². The van der Waals surface area contributed by atoms with Gasteiger partial charge in [0.25, 0.3) is 0 Å². The van der Waals surface area contributed by atoms with Gasteiger partial charge in [-0.05, 0) is 135 Å². The number of anilines is 6. The van der Waals surface area contributed by atoms with E-state index in [0.717, 1.165) is 50.7 Å². The smallest absolute Gasteiger partial charge is 0.0520 e. The molecule has 0 unspecified atom stereocenters. The number of para-hydroxylation sites is 1. The summed E-state index contributed by atoms with van der Waals surface area (Å²) < 4.78 is 0. The summed E-state index contributed by atoms with van der Waals surface area (Å²) >= 11 is 0. The van der Waals surface area contributed by atoms with Crippen LogP contribution in [-0.2, 0) is 0 Å². The van der Waals surface area contributed by atoms with Crippen molar-refractivity contribution in [2.45, 2.75) is 34.6 Å². The van der Waals surface area contributed by atoms with Gasteiger partial charge in [-0.25, -0.2) is 0 Å². The number of allylic oxidation sites excluding steroid dienone is 4. The molecule has 0 bridgehead atoms. The maximum absolute atomic E-state index is 2.36. The molecule has 0 aliphatic heterocycles. The monoisotopic (exact) mass is 738 g/mol. The van der Waals surface area contributed by atoms with Gasteiger partial charge in [0.15, 0.2) is 0 Å². The molecular formula is C55H50N2. The third-order valence-electron chi connectivity index (χ3n) is 10.0. The minimum Gasteiger partial charge on any atom is -0.311 e. The molecule has 7 aromatic carbocycles. The number of hydrogen-bond donors (Lipinski definition) is 0. The number of benzene rings is 7. The molecule has 7 rings (SSSR count). The molecule has 2 heteroatoms. The minimum absolute atomic E-state index is 1.13. The van der Waals surface area contributed by atoms with E-state index in [2.05, 4.69) is 257 Å². The Bertz CT molecular complexity index is 2450. The molecule has 280 valence electrons. The maximum atomic E-state index is 2.36. The van der Waals surface area contributed by atoms with Crippen LogP contribution in [0, 0.1) is 34.6 Å². The van der Waals surface area contributed by atoms with Crippen LogP contribution in [-0.4, -0.2) is 0 Å². The Morgan fingerprint density at radius 2 is 0.667 bits per heavy atom. The van der Waals surface area contributed by atoms with E-state index in [1.54, 1.807) is 0 Å². The highest BCUT2D eigenvalue weighted by Crippen LogP contribution is 2.39. The molecule has 0 saturated carbocycles. The van der Waals surface area contributed by atoms with Gasteiger partial charge in [0.05, 0.1) is 5.69 Å². The molecule has 0 saturated heterocycles. The van der Waals surface area contributed by atoms with Gasteiger partial charge >= 0.3 is 0 Å². The lowest BCUT2D eigenvalue weighted by molar-refractivity contribution is 1.20. The van der Waals surface area contributed by atoms with Crippen LogP contribution in [0.3, 0.4) is 0 Å². The molecule has 0 aromatic heterocycles. The third-order valence-corrected chi connectivity index (χ3v) is 10.0. The molecule has 0 heterocycles. The van der Waals surface area contributed by atoms with Crippen molar-refractivity contribution in [1.82, 2.24) is 0 Å². The molecule has 0 amide bonds. The van der Waals surface area contributed by atoms with Gasteiger partial charge in [0, 0.05) is 28.4 Å². The SMILES string of the molecule is Cc1ccc(N(c2ccc(C)cc2)c2ccc(C=CC=Cc3cccc(C=CC=Cc4ccc(N(c5ccccc5)c5c(C)cc(C)cc5C)cc4)c3)cc2)cc1.